The topological polar surface area (TPSA) is 83.7 Å². The van der Waals surface area contributed by atoms with Crippen LogP contribution in [0.1, 0.15) is 21.8 Å². The number of benzene rings is 2. The van der Waals surface area contributed by atoms with Gasteiger partial charge in [-0.2, -0.15) is 4.98 Å². The number of hydrogen-bond acceptors (Lipinski definition) is 7. The second-order valence-corrected chi connectivity index (χ2v) is 5.52. The minimum atomic E-state index is -0.452. The Labute approximate surface area is 150 Å². The Morgan fingerprint density at radius 1 is 1.08 bits per heavy atom. The molecule has 1 aromatic heterocycles. The highest BCUT2D eigenvalue weighted by Crippen LogP contribution is 2.31. The van der Waals surface area contributed by atoms with Crippen LogP contribution in [0.2, 0.25) is 0 Å². The SMILES string of the molecule is COc1ccc(-c2noc(COC(=O)c3ccc(C)cc3)n2)c(OC)c1. The van der Waals surface area contributed by atoms with E-state index in [1.165, 1.54) is 0 Å². The third-order valence-corrected chi connectivity index (χ3v) is 3.73. The van der Waals surface area contributed by atoms with Crippen molar-refractivity contribution in [2.24, 2.45) is 0 Å². The molecule has 7 nitrogen and oxygen atoms in total. The molecule has 26 heavy (non-hydrogen) atoms. The zero-order valence-corrected chi connectivity index (χ0v) is 14.7. The normalized spacial score (nSPS) is 10.4. The molecule has 3 aromatic rings. The molecule has 0 amide bonds. The van der Waals surface area contributed by atoms with E-state index in [9.17, 15) is 4.79 Å². The van der Waals surface area contributed by atoms with Crippen molar-refractivity contribution >= 4 is 5.97 Å². The van der Waals surface area contributed by atoms with Crippen LogP contribution in [0.5, 0.6) is 11.5 Å². The van der Waals surface area contributed by atoms with E-state index in [1.807, 2.05) is 19.1 Å². The van der Waals surface area contributed by atoms with Crippen LogP contribution >= 0.6 is 0 Å². The first kappa shape index (κ1) is 17.5. The van der Waals surface area contributed by atoms with Gasteiger partial charge in [0, 0.05) is 6.07 Å². The highest BCUT2D eigenvalue weighted by molar-refractivity contribution is 5.89. The smallest absolute Gasteiger partial charge is 0.338 e. The van der Waals surface area contributed by atoms with Gasteiger partial charge in [-0.3, -0.25) is 0 Å². The van der Waals surface area contributed by atoms with Crippen molar-refractivity contribution in [3.05, 3.63) is 59.5 Å². The van der Waals surface area contributed by atoms with E-state index in [1.54, 1.807) is 44.6 Å². The first-order chi connectivity index (χ1) is 12.6. The summed E-state index contributed by atoms with van der Waals surface area (Å²) in [4.78, 5) is 16.3. The maximum atomic E-state index is 12.0. The fourth-order valence-corrected chi connectivity index (χ4v) is 2.31. The Bertz CT molecular complexity index is 903. The van der Waals surface area contributed by atoms with Crippen molar-refractivity contribution in [2.75, 3.05) is 14.2 Å². The number of carbonyl (C=O) groups excluding carboxylic acids is 1. The number of nitrogens with zero attached hydrogens (tertiary/aromatic N) is 2. The van der Waals surface area contributed by atoms with Gasteiger partial charge in [-0.25, -0.2) is 4.79 Å². The summed E-state index contributed by atoms with van der Waals surface area (Å²) < 4.78 is 20.9. The van der Waals surface area contributed by atoms with E-state index in [-0.39, 0.29) is 12.5 Å². The van der Waals surface area contributed by atoms with Gasteiger partial charge in [0.1, 0.15) is 11.5 Å². The van der Waals surface area contributed by atoms with Crippen molar-refractivity contribution in [1.29, 1.82) is 0 Å². The molecule has 3 rings (SSSR count). The maximum Gasteiger partial charge on any atom is 0.338 e. The minimum absolute atomic E-state index is 0.113. The van der Waals surface area contributed by atoms with Crippen molar-refractivity contribution in [3.8, 4) is 22.9 Å². The molecule has 0 fully saturated rings. The van der Waals surface area contributed by atoms with Gasteiger partial charge < -0.3 is 18.7 Å². The molecule has 0 bridgehead atoms. The molecule has 0 aliphatic heterocycles. The predicted molar refractivity (Wildman–Crippen MR) is 93.1 cm³/mol. The molecule has 0 saturated heterocycles. The highest BCUT2D eigenvalue weighted by atomic mass is 16.6. The molecule has 0 unspecified atom stereocenters. The molecule has 0 radical (unpaired) electrons. The zero-order chi connectivity index (χ0) is 18.5. The quantitative estimate of drug-likeness (QED) is 0.627. The Morgan fingerprint density at radius 2 is 1.85 bits per heavy atom. The molecule has 134 valence electrons. The van der Waals surface area contributed by atoms with Crippen LogP contribution in [-0.2, 0) is 11.3 Å². The molecule has 7 heteroatoms. The Morgan fingerprint density at radius 3 is 2.54 bits per heavy atom. The lowest BCUT2D eigenvalue weighted by atomic mass is 10.1. The number of ether oxygens (including phenoxy) is 3. The first-order valence-electron chi connectivity index (χ1n) is 7.89. The van der Waals surface area contributed by atoms with E-state index < -0.39 is 5.97 Å². The summed E-state index contributed by atoms with van der Waals surface area (Å²) in [6, 6.07) is 12.4. The third-order valence-electron chi connectivity index (χ3n) is 3.73. The van der Waals surface area contributed by atoms with Crippen LogP contribution in [0.15, 0.2) is 47.0 Å². The lowest BCUT2D eigenvalue weighted by Gasteiger charge is -2.07. The van der Waals surface area contributed by atoms with Crippen LogP contribution < -0.4 is 9.47 Å². The van der Waals surface area contributed by atoms with E-state index in [4.69, 9.17) is 18.7 Å². The number of methoxy groups -OCH3 is 2. The molecule has 0 aliphatic carbocycles. The summed E-state index contributed by atoms with van der Waals surface area (Å²) in [7, 11) is 3.12. The van der Waals surface area contributed by atoms with E-state index in [0.717, 1.165) is 5.56 Å². The summed E-state index contributed by atoms with van der Waals surface area (Å²) in [6.45, 7) is 1.83. The second kappa shape index (κ2) is 7.69. The van der Waals surface area contributed by atoms with Gasteiger partial charge in [0.25, 0.3) is 5.89 Å². The van der Waals surface area contributed by atoms with Crippen LogP contribution in [0.3, 0.4) is 0 Å². The van der Waals surface area contributed by atoms with Crippen LogP contribution in [-0.4, -0.2) is 30.3 Å². The fraction of sp³-hybridized carbons (Fsp3) is 0.211. The lowest BCUT2D eigenvalue weighted by molar-refractivity contribution is 0.0430. The third kappa shape index (κ3) is 3.83. The van der Waals surface area contributed by atoms with Crippen LogP contribution in [0.4, 0.5) is 0 Å². The molecule has 0 spiro atoms. The van der Waals surface area contributed by atoms with Crippen molar-refractivity contribution < 1.29 is 23.5 Å². The maximum absolute atomic E-state index is 12.0. The van der Waals surface area contributed by atoms with Gasteiger partial charge in [-0.05, 0) is 31.2 Å². The average molecular weight is 354 g/mol. The lowest BCUT2D eigenvalue weighted by Crippen LogP contribution is -2.05. The van der Waals surface area contributed by atoms with Gasteiger partial charge in [0.15, 0.2) is 6.61 Å². The summed E-state index contributed by atoms with van der Waals surface area (Å²) >= 11 is 0. The molecule has 0 saturated carbocycles. The number of aryl methyl sites for hydroxylation is 1. The summed E-state index contributed by atoms with van der Waals surface area (Å²) in [5, 5.41) is 3.91. The van der Waals surface area contributed by atoms with Gasteiger partial charge in [0.05, 0.1) is 25.3 Å². The largest absolute Gasteiger partial charge is 0.497 e. The number of esters is 1. The standard InChI is InChI=1S/C19H18N2O5/c1-12-4-6-13(7-5-12)19(22)25-11-17-20-18(21-26-17)15-9-8-14(23-2)10-16(15)24-3/h4-10H,11H2,1-3H3. The molecule has 0 aliphatic rings. The summed E-state index contributed by atoms with van der Waals surface area (Å²) in [5.41, 5.74) is 2.18. The number of carbonyl (C=O) groups is 1. The molecule has 0 atom stereocenters. The van der Waals surface area contributed by atoms with Crippen molar-refractivity contribution in [1.82, 2.24) is 10.1 Å². The van der Waals surface area contributed by atoms with Gasteiger partial charge >= 0.3 is 5.97 Å². The number of hydrogen-bond donors (Lipinski definition) is 0. The Hall–Kier alpha value is -3.35. The monoisotopic (exact) mass is 354 g/mol. The highest BCUT2D eigenvalue weighted by Gasteiger charge is 2.16. The second-order valence-electron chi connectivity index (χ2n) is 5.52. The van der Waals surface area contributed by atoms with Gasteiger partial charge in [0.2, 0.25) is 5.82 Å². The van der Waals surface area contributed by atoms with E-state index >= 15 is 0 Å². The molecule has 2 aromatic carbocycles. The Balaban J connectivity index is 1.70. The predicted octanol–water partition coefficient (Wildman–Crippen LogP) is 3.42. The zero-order valence-electron chi connectivity index (χ0n) is 14.7. The van der Waals surface area contributed by atoms with Crippen LogP contribution in [0, 0.1) is 6.92 Å². The van der Waals surface area contributed by atoms with E-state index in [0.29, 0.717) is 28.5 Å². The average Bonchev–Trinajstić information content (AvgIpc) is 3.15. The first-order valence-corrected chi connectivity index (χ1v) is 7.89. The molecule has 0 N–H and O–H groups in total. The molecular weight excluding hydrogens is 336 g/mol. The number of aromatic nitrogens is 2. The van der Waals surface area contributed by atoms with Crippen molar-refractivity contribution in [3.63, 3.8) is 0 Å². The molecular formula is C19H18N2O5. The minimum Gasteiger partial charge on any atom is -0.497 e. The molecule has 1 heterocycles. The summed E-state index contributed by atoms with van der Waals surface area (Å²) in [5.74, 6) is 1.28. The summed E-state index contributed by atoms with van der Waals surface area (Å²) in [6.07, 6.45) is 0. The van der Waals surface area contributed by atoms with Crippen LogP contribution in [0.25, 0.3) is 11.4 Å². The van der Waals surface area contributed by atoms with Crippen molar-refractivity contribution in [2.45, 2.75) is 13.5 Å². The Kier molecular flexibility index (Phi) is 5.17. The van der Waals surface area contributed by atoms with E-state index in [2.05, 4.69) is 10.1 Å². The van der Waals surface area contributed by atoms with Gasteiger partial charge in [-0.15, -0.1) is 0 Å². The number of rotatable bonds is 6. The fourth-order valence-electron chi connectivity index (χ4n) is 2.31. The van der Waals surface area contributed by atoms with Gasteiger partial charge in [-0.1, -0.05) is 22.9 Å².